The van der Waals surface area contributed by atoms with Gasteiger partial charge in [0.05, 0.1) is 5.56 Å². The van der Waals surface area contributed by atoms with Crippen molar-refractivity contribution in [3.8, 4) is 0 Å². The van der Waals surface area contributed by atoms with Crippen LogP contribution >= 0.6 is 0 Å². The molecule has 0 aromatic heterocycles. The van der Waals surface area contributed by atoms with Gasteiger partial charge in [-0.05, 0) is 49.3 Å². The highest BCUT2D eigenvalue weighted by Crippen LogP contribution is 2.48. The molecule has 1 N–H and O–H groups in total. The van der Waals surface area contributed by atoms with E-state index >= 15 is 0 Å². The molecule has 1 aliphatic carbocycles. The predicted octanol–water partition coefficient (Wildman–Crippen LogP) is 4.55. The van der Waals surface area contributed by atoms with Crippen LogP contribution in [0.25, 0.3) is 0 Å². The Balaban J connectivity index is 2.01. The van der Waals surface area contributed by atoms with Crippen LogP contribution in [0.5, 0.6) is 0 Å². The zero-order valence-electron chi connectivity index (χ0n) is 11.3. The van der Waals surface area contributed by atoms with Gasteiger partial charge < -0.3 is 5.32 Å². The van der Waals surface area contributed by atoms with Crippen molar-refractivity contribution < 1.29 is 13.2 Å². The first-order chi connectivity index (χ1) is 8.86. The maximum atomic E-state index is 12.7. The SMILES string of the molecule is CCC1(CNC(C)c2cccc(C(F)(F)F)c2)CC1. The van der Waals surface area contributed by atoms with E-state index < -0.39 is 11.7 Å². The van der Waals surface area contributed by atoms with Crippen LogP contribution in [0.1, 0.15) is 50.3 Å². The van der Waals surface area contributed by atoms with Crippen LogP contribution in [-0.2, 0) is 6.18 Å². The van der Waals surface area contributed by atoms with Crippen LogP contribution in [0.3, 0.4) is 0 Å². The summed E-state index contributed by atoms with van der Waals surface area (Å²) in [5, 5.41) is 3.36. The quantitative estimate of drug-likeness (QED) is 0.828. The molecule has 0 amide bonds. The highest BCUT2D eigenvalue weighted by molar-refractivity contribution is 5.27. The summed E-state index contributed by atoms with van der Waals surface area (Å²) in [6, 6.07) is 5.53. The summed E-state index contributed by atoms with van der Waals surface area (Å²) in [5.41, 5.74) is 0.521. The Labute approximate surface area is 112 Å². The van der Waals surface area contributed by atoms with Gasteiger partial charge in [0.1, 0.15) is 0 Å². The van der Waals surface area contributed by atoms with Crippen molar-refractivity contribution >= 4 is 0 Å². The third kappa shape index (κ3) is 3.50. The molecule has 0 bridgehead atoms. The Bertz CT molecular complexity index is 435. The van der Waals surface area contributed by atoms with Crippen LogP contribution in [0.4, 0.5) is 13.2 Å². The smallest absolute Gasteiger partial charge is 0.310 e. The number of halogens is 3. The van der Waals surface area contributed by atoms with Crippen molar-refractivity contribution in [1.29, 1.82) is 0 Å². The minimum atomic E-state index is -4.27. The zero-order chi connectivity index (χ0) is 14.1. The summed E-state index contributed by atoms with van der Waals surface area (Å²) in [7, 11) is 0. The van der Waals surface area contributed by atoms with E-state index in [1.54, 1.807) is 6.07 Å². The lowest BCUT2D eigenvalue weighted by molar-refractivity contribution is -0.137. The maximum Gasteiger partial charge on any atom is 0.416 e. The van der Waals surface area contributed by atoms with Gasteiger partial charge >= 0.3 is 6.18 Å². The fourth-order valence-electron chi connectivity index (χ4n) is 2.30. The Morgan fingerprint density at radius 2 is 2.00 bits per heavy atom. The average molecular weight is 271 g/mol. The average Bonchev–Trinajstić information content (AvgIpc) is 3.16. The van der Waals surface area contributed by atoms with Crippen molar-refractivity contribution in [2.45, 2.75) is 45.3 Å². The summed E-state index contributed by atoms with van der Waals surface area (Å²) in [6.07, 6.45) is -0.677. The molecule has 106 valence electrons. The van der Waals surface area contributed by atoms with Crippen LogP contribution in [-0.4, -0.2) is 6.54 Å². The molecule has 1 aliphatic rings. The molecule has 0 saturated heterocycles. The normalized spacial score (nSPS) is 19.2. The van der Waals surface area contributed by atoms with Crippen molar-refractivity contribution in [2.75, 3.05) is 6.54 Å². The summed E-state index contributed by atoms with van der Waals surface area (Å²) >= 11 is 0. The topological polar surface area (TPSA) is 12.0 Å². The molecule has 0 spiro atoms. The van der Waals surface area contributed by atoms with Crippen LogP contribution in [0, 0.1) is 5.41 Å². The standard InChI is InChI=1S/C15H20F3N/c1-3-14(7-8-14)10-19-11(2)12-5-4-6-13(9-12)15(16,17)18/h4-6,9,11,19H,3,7-8,10H2,1-2H3. The lowest BCUT2D eigenvalue weighted by Gasteiger charge is -2.20. The minimum Gasteiger partial charge on any atom is -0.310 e. The molecule has 1 nitrogen and oxygen atoms in total. The van der Waals surface area contributed by atoms with E-state index in [9.17, 15) is 13.2 Å². The predicted molar refractivity (Wildman–Crippen MR) is 69.8 cm³/mol. The molecular weight excluding hydrogens is 251 g/mol. The molecule has 0 aliphatic heterocycles. The van der Waals surface area contributed by atoms with Crippen LogP contribution in [0.15, 0.2) is 24.3 Å². The summed E-state index contributed by atoms with van der Waals surface area (Å²) in [4.78, 5) is 0. The second-order valence-electron chi connectivity index (χ2n) is 5.58. The van der Waals surface area contributed by atoms with E-state index in [-0.39, 0.29) is 6.04 Å². The second-order valence-corrected chi connectivity index (χ2v) is 5.58. The summed E-state index contributed by atoms with van der Waals surface area (Å²) in [6.45, 7) is 4.98. The molecule has 4 heteroatoms. The van der Waals surface area contributed by atoms with E-state index in [0.717, 1.165) is 19.0 Å². The lowest BCUT2D eigenvalue weighted by atomic mass is 10.0. The van der Waals surface area contributed by atoms with E-state index in [2.05, 4.69) is 12.2 Å². The largest absolute Gasteiger partial charge is 0.416 e. The van der Waals surface area contributed by atoms with Gasteiger partial charge in [-0.1, -0.05) is 19.1 Å². The number of rotatable bonds is 5. The van der Waals surface area contributed by atoms with E-state index in [1.165, 1.54) is 25.0 Å². The highest BCUT2D eigenvalue weighted by Gasteiger charge is 2.40. The number of benzene rings is 1. The molecule has 1 aromatic rings. The van der Waals surface area contributed by atoms with Gasteiger partial charge in [-0.15, -0.1) is 0 Å². The van der Waals surface area contributed by atoms with Crippen molar-refractivity contribution in [3.05, 3.63) is 35.4 Å². The molecule has 1 fully saturated rings. The molecule has 0 heterocycles. The first-order valence-corrected chi connectivity index (χ1v) is 6.77. The lowest BCUT2D eigenvalue weighted by Crippen LogP contribution is -2.26. The molecule has 1 aromatic carbocycles. The van der Waals surface area contributed by atoms with E-state index in [4.69, 9.17) is 0 Å². The van der Waals surface area contributed by atoms with Gasteiger partial charge in [0.2, 0.25) is 0 Å². The molecule has 19 heavy (non-hydrogen) atoms. The Morgan fingerprint density at radius 3 is 2.53 bits per heavy atom. The summed E-state index contributed by atoms with van der Waals surface area (Å²) in [5.74, 6) is 0. The third-order valence-corrected chi connectivity index (χ3v) is 4.20. The van der Waals surface area contributed by atoms with Crippen molar-refractivity contribution in [1.82, 2.24) is 5.32 Å². The fraction of sp³-hybridized carbons (Fsp3) is 0.600. The number of hydrogen-bond acceptors (Lipinski definition) is 1. The van der Waals surface area contributed by atoms with Crippen molar-refractivity contribution in [3.63, 3.8) is 0 Å². The third-order valence-electron chi connectivity index (χ3n) is 4.20. The van der Waals surface area contributed by atoms with Gasteiger partial charge in [0, 0.05) is 12.6 Å². The molecule has 1 atom stereocenters. The van der Waals surface area contributed by atoms with Crippen LogP contribution < -0.4 is 5.32 Å². The number of alkyl halides is 3. The zero-order valence-corrected chi connectivity index (χ0v) is 11.3. The minimum absolute atomic E-state index is 0.0497. The monoisotopic (exact) mass is 271 g/mol. The molecule has 1 saturated carbocycles. The molecule has 0 radical (unpaired) electrons. The van der Waals surface area contributed by atoms with Gasteiger partial charge in [0.25, 0.3) is 0 Å². The Morgan fingerprint density at radius 1 is 1.32 bits per heavy atom. The maximum absolute atomic E-state index is 12.7. The molecule has 2 rings (SSSR count). The van der Waals surface area contributed by atoms with Crippen molar-refractivity contribution in [2.24, 2.45) is 5.41 Å². The fourth-order valence-corrected chi connectivity index (χ4v) is 2.30. The van der Waals surface area contributed by atoms with Gasteiger partial charge in [0.15, 0.2) is 0 Å². The molecular formula is C15H20F3N. The van der Waals surface area contributed by atoms with Gasteiger partial charge in [-0.2, -0.15) is 13.2 Å². The van der Waals surface area contributed by atoms with Crippen LogP contribution in [0.2, 0.25) is 0 Å². The first kappa shape index (κ1) is 14.4. The first-order valence-electron chi connectivity index (χ1n) is 6.77. The number of nitrogens with one attached hydrogen (secondary N) is 1. The second kappa shape index (κ2) is 5.16. The van der Waals surface area contributed by atoms with Gasteiger partial charge in [-0.3, -0.25) is 0 Å². The van der Waals surface area contributed by atoms with E-state index in [0.29, 0.717) is 11.0 Å². The van der Waals surface area contributed by atoms with Gasteiger partial charge in [-0.25, -0.2) is 0 Å². The number of hydrogen-bond donors (Lipinski definition) is 1. The Kier molecular flexibility index (Phi) is 3.90. The highest BCUT2D eigenvalue weighted by atomic mass is 19.4. The Hall–Kier alpha value is -1.03. The summed E-state index contributed by atoms with van der Waals surface area (Å²) < 4.78 is 38.0. The molecule has 1 unspecified atom stereocenters. The van der Waals surface area contributed by atoms with E-state index in [1.807, 2.05) is 6.92 Å².